The lowest BCUT2D eigenvalue weighted by molar-refractivity contribution is -0.118. The summed E-state index contributed by atoms with van der Waals surface area (Å²) >= 11 is 15.5. The van der Waals surface area contributed by atoms with Gasteiger partial charge in [-0.2, -0.15) is 5.10 Å². The van der Waals surface area contributed by atoms with Gasteiger partial charge in [-0.1, -0.05) is 39.1 Å². The Labute approximate surface area is 208 Å². The smallest absolute Gasteiger partial charge is 0.271 e. The predicted molar refractivity (Wildman–Crippen MR) is 133 cm³/mol. The molecule has 0 aromatic heterocycles. The first-order valence-electron chi connectivity index (χ1n) is 9.50. The van der Waals surface area contributed by atoms with Crippen molar-refractivity contribution in [2.75, 3.05) is 19.0 Å². The lowest BCUT2D eigenvalue weighted by atomic mass is 10.2. The first-order chi connectivity index (χ1) is 15.9. The third kappa shape index (κ3) is 7.21. The van der Waals surface area contributed by atoms with Gasteiger partial charge >= 0.3 is 0 Å². The molecule has 0 saturated carbocycles. The summed E-state index contributed by atoms with van der Waals surface area (Å²) < 4.78 is 11.8. The van der Waals surface area contributed by atoms with E-state index in [-0.39, 0.29) is 29.2 Å². The van der Waals surface area contributed by atoms with Crippen LogP contribution in [0.1, 0.15) is 15.9 Å². The van der Waals surface area contributed by atoms with E-state index in [4.69, 9.17) is 32.7 Å². The van der Waals surface area contributed by atoms with Gasteiger partial charge in [0.05, 0.1) is 18.3 Å². The van der Waals surface area contributed by atoms with E-state index in [1.165, 1.54) is 13.3 Å². The third-order valence-corrected chi connectivity index (χ3v) is 5.27. The molecule has 7 nitrogen and oxygen atoms in total. The van der Waals surface area contributed by atoms with Crippen molar-refractivity contribution in [3.63, 3.8) is 0 Å². The Kier molecular flexibility index (Phi) is 8.71. The SMILES string of the molecule is COc1cc(/C=N/NC(=O)c2ccc(Br)cc2)cc(Cl)c1OCC(=O)Nc1ccc(Cl)cc1. The fourth-order valence-electron chi connectivity index (χ4n) is 2.65. The van der Waals surface area contributed by atoms with Gasteiger partial charge in [0.15, 0.2) is 18.1 Å². The van der Waals surface area contributed by atoms with Crippen molar-refractivity contribution in [3.8, 4) is 11.5 Å². The summed E-state index contributed by atoms with van der Waals surface area (Å²) in [5.41, 5.74) is 4.06. The second-order valence-corrected chi connectivity index (χ2v) is 8.34. The number of carbonyl (C=O) groups excluding carboxylic acids is 2. The summed E-state index contributed by atoms with van der Waals surface area (Å²) in [6.07, 6.45) is 1.42. The highest BCUT2D eigenvalue weighted by atomic mass is 79.9. The van der Waals surface area contributed by atoms with Gasteiger partial charge in [0.2, 0.25) is 0 Å². The van der Waals surface area contributed by atoms with E-state index < -0.39 is 0 Å². The zero-order valence-corrected chi connectivity index (χ0v) is 20.4. The van der Waals surface area contributed by atoms with Crippen LogP contribution >= 0.6 is 39.1 Å². The van der Waals surface area contributed by atoms with Crippen LogP contribution in [0.3, 0.4) is 0 Å². The number of amides is 2. The molecular formula is C23H18BrCl2N3O4. The molecule has 0 bridgehead atoms. The molecule has 0 aliphatic heterocycles. The number of methoxy groups -OCH3 is 1. The summed E-state index contributed by atoms with van der Waals surface area (Å²) in [6.45, 7) is -0.282. The first-order valence-corrected chi connectivity index (χ1v) is 11.1. The van der Waals surface area contributed by atoms with Crippen LogP contribution in [0.25, 0.3) is 0 Å². The second kappa shape index (κ2) is 11.7. The number of benzene rings is 3. The van der Waals surface area contributed by atoms with Crippen LogP contribution in [0.5, 0.6) is 11.5 Å². The molecule has 2 amide bonds. The molecule has 0 saturated heterocycles. The molecule has 0 atom stereocenters. The van der Waals surface area contributed by atoms with E-state index in [1.54, 1.807) is 60.7 Å². The number of ether oxygens (including phenoxy) is 2. The van der Waals surface area contributed by atoms with Crippen LogP contribution in [0.15, 0.2) is 70.2 Å². The Morgan fingerprint density at radius 3 is 2.42 bits per heavy atom. The average Bonchev–Trinajstić information content (AvgIpc) is 2.80. The van der Waals surface area contributed by atoms with Gasteiger partial charge in [-0.3, -0.25) is 9.59 Å². The molecule has 3 aromatic carbocycles. The predicted octanol–water partition coefficient (Wildman–Crippen LogP) is 5.55. The number of halogens is 3. The molecular weight excluding hydrogens is 533 g/mol. The van der Waals surface area contributed by atoms with E-state index >= 15 is 0 Å². The summed E-state index contributed by atoms with van der Waals surface area (Å²) in [4.78, 5) is 24.3. The molecule has 10 heteroatoms. The fraction of sp³-hybridized carbons (Fsp3) is 0.0870. The van der Waals surface area contributed by atoms with E-state index in [0.717, 1.165) is 4.47 Å². The van der Waals surface area contributed by atoms with Crippen molar-refractivity contribution in [2.24, 2.45) is 5.10 Å². The number of hydrazone groups is 1. The highest BCUT2D eigenvalue weighted by molar-refractivity contribution is 9.10. The number of nitrogens with zero attached hydrogens (tertiary/aromatic N) is 1. The minimum absolute atomic E-state index is 0.210. The summed E-state index contributed by atoms with van der Waals surface area (Å²) in [5, 5.41) is 7.43. The standard InChI is InChI=1S/C23H18BrCl2N3O4/c1-32-20-11-14(12-27-29-23(31)15-2-4-16(24)5-3-15)10-19(26)22(20)33-13-21(30)28-18-8-6-17(25)7-9-18/h2-12H,13H2,1H3,(H,28,30)(H,29,31)/b27-12+. The maximum atomic E-state index is 12.2. The highest BCUT2D eigenvalue weighted by Gasteiger charge is 2.14. The number of carbonyl (C=O) groups is 2. The summed E-state index contributed by atoms with van der Waals surface area (Å²) in [7, 11) is 1.45. The van der Waals surface area contributed by atoms with Crippen molar-refractivity contribution in [3.05, 3.63) is 86.3 Å². The first kappa shape index (κ1) is 24.6. The number of rotatable bonds is 8. The monoisotopic (exact) mass is 549 g/mol. The molecule has 0 fully saturated rings. The van der Waals surface area contributed by atoms with E-state index in [9.17, 15) is 9.59 Å². The molecule has 0 heterocycles. The number of anilines is 1. The number of nitrogens with one attached hydrogen (secondary N) is 2. The quantitative estimate of drug-likeness (QED) is 0.284. The Morgan fingerprint density at radius 2 is 1.76 bits per heavy atom. The van der Waals surface area contributed by atoms with E-state index in [0.29, 0.717) is 27.6 Å². The van der Waals surface area contributed by atoms with Crippen LogP contribution in [0.4, 0.5) is 5.69 Å². The average molecular weight is 551 g/mol. The van der Waals surface area contributed by atoms with Crippen molar-refractivity contribution >= 4 is 62.8 Å². The van der Waals surface area contributed by atoms with Crippen LogP contribution in [-0.4, -0.2) is 31.7 Å². The summed E-state index contributed by atoms with van der Waals surface area (Å²) in [6, 6.07) is 16.7. The molecule has 2 N–H and O–H groups in total. The molecule has 170 valence electrons. The zero-order chi connectivity index (χ0) is 23.8. The molecule has 0 unspecified atom stereocenters. The third-order valence-electron chi connectivity index (χ3n) is 4.21. The zero-order valence-electron chi connectivity index (χ0n) is 17.3. The Hall–Kier alpha value is -3.07. The summed E-state index contributed by atoms with van der Waals surface area (Å²) in [5.74, 6) is -0.218. The van der Waals surface area contributed by atoms with Crippen molar-refractivity contribution in [2.45, 2.75) is 0 Å². The largest absolute Gasteiger partial charge is 0.493 e. The number of hydrogen-bond donors (Lipinski definition) is 2. The molecule has 0 aliphatic rings. The van der Waals surface area contributed by atoms with Crippen molar-refractivity contribution in [1.82, 2.24) is 5.43 Å². The lowest BCUT2D eigenvalue weighted by Crippen LogP contribution is -2.20. The van der Waals surface area contributed by atoms with Crippen LogP contribution in [0, 0.1) is 0 Å². The molecule has 0 aliphatic carbocycles. The van der Waals surface area contributed by atoms with E-state index in [2.05, 4.69) is 31.8 Å². The molecule has 0 spiro atoms. The van der Waals surface area contributed by atoms with Crippen molar-refractivity contribution in [1.29, 1.82) is 0 Å². The number of hydrogen-bond acceptors (Lipinski definition) is 5. The van der Waals surface area contributed by atoms with Crippen molar-refractivity contribution < 1.29 is 19.1 Å². The molecule has 3 aromatic rings. The van der Waals surface area contributed by atoms with Crippen LogP contribution < -0.4 is 20.2 Å². The van der Waals surface area contributed by atoms with Gasteiger partial charge in [0.25, 0.3) is 11.8 Å². The lowest BCUT2D eigenvalue weighted by Gasteiger charge is -2.13. The Bertz CT molecular complexity index is 1170. The van der Waals surface area contributed by atoms with Gasteiger partial charge in [-0.05, 0) is 66.2 Å². The fourth-order valence-corrected chi connectivity index (χ4v) is 3.32. The molecule has 33 heavy (non-hydrogen) atoms. The van der Waals surface area contributed by atoms with E-state index in [1.807, 2.05) is 0 Å². The van der Waals surface area contributed by atoms with Gasteiger partial charge in [0, 0.05) is 20.7 Å². The normalized spacial score (nSPS) is 10.7. The van der Waals surface area contributed by atoms with Crippen LogP contribution in [0.2, 0.25) is 10.0 Å². The Balaban J connectivity index is 1.62. The van der Waals surface area contributed by atoms with Crippen LogP contribution in [-0.2, 0) is 4.79 Å². The van der Waals surface area contributed by atoms with Gasteiger partial charge in [-0.15, -0.1) is 0 Å². The van der Waals surface area contributed by atoms with Gasteiger partial charge in [-0.25, -0.2) is 5.43 Å². The maximum Gasteiger partial charge on any atom is 0.271 e. The topological polar surface area (TPSA) is 89.0 Å². The second-order valence-electron chi connectivity index (χ2n) is 6.58. The Morgan fingerprint density at radius 1 is 1.06 bits per heavy atom. The minimum Gasteiger partial charge on any atom is -0.493 e. The highest BCUT2D eigenvalue weighted by Crippen LogP contribution is 2.36. The van der Waals surface area contributed by atoms with Gasteiger partial charge < -0.3 is 14.8 Å². The van der Waals surface area contributed by atoms with Gasteiger partial charge in [0.1, 0.15) is 0 Å². The maximum absolute atomic E-state index is 12.2. The molecule has 0 radical (unpaired) electrons. The molecule has 3 rings (SSSR count). The minimum atomic E-state index is -0.378.